The van der Waals surface area contributed by atoms with Crippen LogP contribution in [0.1, 0.15) is 67.7 Å². The van der Waals surface area contributed by atoms with Crippen molar-refractivity contribution in [1.82, 2.24) is 4.90 Å². The van der Waals surface area contributed by atoms with E-state index in [1.54, 1.807) is 0 Å². The van der Waals surface area contributed by atoms with Crippen LogP contribution in [0.4, 0.5) is 0 Å². The van der Waals surface area contributed by atoms with E-state index in [9.17, 15) is 0 Å². The first-order chi connectivity index (χ1) is 11.4. The summed E-state index contributed by atoms with van der Waals surface area (Å²) in [7, 11) is 4.91. The van der Waals surface area contributed by atoms with Crippen molar-refractivity contribution < 1.29 is 4.48 Å². The Morgan fingerprint density at radius 3 is 1.72 bits per heavy atom. The summed E-state index contributed by atoms with van der Waals surface area (Å²) in [5.74, 6) is 5.87. The van der Waals surface area contributed by atoms with Crippen LogP contribution < -0.4 is 0 Å². The first-order valence-electron chi connectivity index (χ1n) is 10.9. The van der Waals surface area contributed by atoms with Crippen molar-refractivity contribution in [2.24, 2.45) is 35.5 Å². The Labute approximate surface area is 157 Å². The quantitative estimate of drug-likeness (QED) is 0.656. The van der Waals surface area contributed by atoms with Crippen molar-refractivity contribution in [2.75, 3.05) is 33.7 Å². The van der Waals surface area contributed by atoms with Gasteiger partial charge in [-0.2, -0.15) is 0 Å². The highest BCUT2D eigenvalue weighted by Gasteiger charge is 2.61. The van der Waals surface area contributed by atoms with E-state index in [4.69, 9.17) is 0 Å². The van der Waals surface area contributed by atoms with Crippen LogP contribution in [0.15, 0.2) is 0 Å². The molecule has 2 heteroatoms. The standard InChI is InChI=1S/C23H45N2/c1-10-16-17-11-12-18(19(16)13-24(8)22(2,3)4)21-15-25(9,14-20(17)21)23(5,6)7/h16-21H,10-15H2,1-9H3/q+1. The average molecular weight is 350 g/mol. The molecule has 3 aliphatic carbocycles. The number of hydrogen-bond donors (Lipinski definition) is 0. The molecule has 1 heterocycles. The van der Waals surface area contributed by atoms with Crippen LogP contribution in [0.5, 0.6) is 0 Å². The van der Waals surface area contributed by atoms with Crippen molar-refractivity contribution in [3.63, 3.8) is 0 Å². The fourth-order valence-corrected chi connectivity index (χ4v) is 6.71. The summed E-state index contributed by atoms with van der Waals surface area (Å²) in [5, 5.41) is 0. The Morgan fingerprint density at radius 2 is 1.32 bits per heavy atom. The monoisotopic (exact) mass is 349 g/mol. The Hall–Kier alpha value is -0.0800. The second-order valence-electron chi connectivity index (χ2n) is 12.0. The number of nitrogens with zero attached hydrogens (tertiary/aromatic N) is 2. The SMILES string of the molecule is CCC1C2CCC(C1CN(C)C(C)(C)C)C1C[N+](C)(C(C)(C)C)CC21. The highest BCUT2D eigenvalue weighted by molar-refractivity contribution is 5.04. The van der Waals surface area contributed by atoms with Gasteiger partial charge in [-0.3, -0.25) is 0 Å². The van der Waals surface area contributed by atoms with Crippen LogP contribution in [-0.2, 0) is 0 Å². The summed E-state index contributed by atoms with van der Waals surface area (Å²) >= 11 is 0. The molecule has 0 aromatic carbocycles. The van der Waals surface area contributed by atoms with Crippen molar-refractivity contribution in [3.05, 3.63) is 0 Å². The first-order valence-corrected chi connectivity index (χ1v) is 10.9. The topological polar surface area (TPSA) is 3.24 Å². The van der Waals surface area contributed by atoms with E-state index in [1.807, 2.05) is 0 Å². The second kappa shape index (κ2) is 6.23. The summed E-state index contributed by atoms with van der Waals surface area (Å²) < 4.78 is 1.30. The van der Waals surface area contributed by atoms with Crippen molar-refractivity contribution in [1.29, 1.82) is 0 Å². The van der Waals surface area contributed by atoms with Gasteiger partial charge in [0.25, 0.3) is 0 Å². The summed E-state index contributed by atoms with van der Waals surface area (Å²) in [4.78, 5) is 2.64. The second-order valence-corrected chi connectivity index (χ2v) is 12.0. The molecule has 3 saturated carbocycles. The molecule has 0 aromatic rings. The van der Waals surface area contributed by atoms with Gasteiger partial charge in [-0.25, -0.2) is 0 Å². The third-order valence-electron chi connectivity index (χ3n) is 9.08. The minimum Gasteiger partial charge on any atom is -0.321 e. The van der Waals surface area contributed by atoms with E-state index in [0.29, 0.717) is 11.1 Å². The zero-order valence-corrected chi connectivity index (χ0v) is 18.6. The molecule has 2 nitrogen and oxygen atoms in total. The fraction of sp³-hybridized carbons (Fsp3) is 1.00. The summed E-state index contributed by atoms with van der Waals surface area (Å²) in [6.45, 7) is 21.2. The lowest BCUT2D eigenvalue weighted by Crippen LogP contribution is -2.56. The molecule has 25 heavy (non-hydrogen) atoms. The molecule has 4 aliphatic rings. The van der Waals surface area contributed by atoms with Crippen molar-refractivity contribution in [3.8, 4) is 0 Å². The van der Waals surface area contributed by atoms with Crippen LogP contribution in [-0.4, -0.2) is 54.2 Å². The van der Waals surface area contributed by atoms with E-state index in [0.717, 1.165) is 35.5 Å². The molecule has 4 rings (SSSR count). The van der Waals surface area contributed by atoms with E-state index >= 15 is 0 Å². The van der Waals surface area contributed by atoms with Crippen LogP contribution in [0.3, 0.4) is 0 Å². The van der Waals surface area contributed by atoms with E-state index in [2.05, 4.69) is 67.5 Å². The van der Waals surface area contributed by atoms with E-state index < -0.39 is 0 Å². The molecule has 0 amide bonds. The number of hydrogen-bond acceptors (Lipinski definition) is 1. The molecule has 146 valence electrons. The third kappa shape index (κ3) is 3.20. The predicted octanol–water partition coefficient (Wildman–Crippen LogP) is 4.89. The molecule has 7 atom stereocenters. The van der Waals surface area contributed by atoms with E-state index in [1.165, 1.54) is 43.4 Å². The molecular weight excluding hydrogens is 304 g/mol. The van der Waals surface area contributed by atoms with Crippen LogP contribution in [0.2, 0.25) is 0 Å². The molecule has 2 bridgehead atoms. The number of rotatable bonds is 3. The lowest BCUT2D eigenvalue weighted by Gasteiger charge is -2.55. The Bertz CT molecular complexity index is 485. The summed E-state index contributed by atoms with van der Waals surface area (Å²) in [6, 6.07) is 0. The highest BCUT2D eigenvalue weighted by atomic mass is 15.4. The zero-order chi connectivity index (χ0) is 18.8. The van der Waals surface area contributed by atoms with Gasteiger partial charge < -0.3 is 9.38 Å². The lowest BCUT2D eigenvalue weighted by atomic mass is 9.50. The Morgan fingerprint density at radius 1 is 0.840 bits per heavy atom. The zero-order valence-electron chi connectivity index (χ0n) is 18.6. The van der Waals surface area contributed by atoms with Crippen molar-refractivity contribution >= 4 is 0 Å². The van der Waals surface area contributed by atoms with Crippen LogP contribution in [0.25, 0.3) is 0 Å². The van der Waals surface area contributed by atoms with Gasteiger partial charge in [-0.15, -0.1) is 0 Å². The van der Waals surface area contributed by atoms with Gasteiger partial charge in [0.1, 0.15) is 0 Å². The summed E-state index contributed by atoms with van der Waals surface area (Å²) in [6.07, 6.45) is 4.42. The largest absolute Gasteiger partial charge is 0.321 e. The predicted molar refractivity (Wildman–Crippen MR) is 109 cm³/mol. The smallest absolute Gasteiger partial charge is 0.0905 e. The van der Waals surface area contributed by atoms with Gasteiger partial charge in [0.05, 0.1) is 25.7 Å². The van der Waals surface area contributed by atoms with Crippen LogP contribution >= 0.6 is 0 Å². The third-order valence-corrected chi connectivity index (χ3v) is 9.08. The van der Waals surface area contributed by atoms with Gasteiger partial charge in [0.2, 0.25) is 0 Å². The molecule has 0 radical (unpaired) electrons. The normalized spacial score (nSPS) is 44.4. The maximum Gasteiger partial charge on any atom is 0.0905 e. The molecule has 4 fully saturated rings. The number of likely N-dealkylation sites (tertiary alicyclic amines) is 1. The van der Waals surface area contributed by atoms with Crippen molar-refractivity contribution in [2.45, 2.75) is 78.8 Å². The van der Waals surface area contributed by atoms with Gasteiger partial charge in [-0.1, -0.05) is 13.3 Å². The fourth-order valence-electron chi connectivity index (χ4n) is 6.71. The molecule has 1 saturated heterocycles. The number of fused-ring (bicyclic) bond motifs is 2. The summed E-state index contributed by atoms with van der Waals surface area (Å²) in [5.41, 5.74) is 0.677. The average Bonchev–Trinajstić information content (AvgIpc) is 2.86. The molecule has 0 N–H and O–H groups in total. The maximum atomic E-state index is 2.64. The highest BCUT2D eigenvalue weighted by Crippen LogP contribution is 2.60. The molecule has 7 unspecified atom stereocenters. The van der Waals surface area contributed by atoms with Gasteiger partial charge in [-0.05, 0) is 85.1 Å². The van der Waals surface area contributed by atoms with Gasteiger partial charge in [0, 0.05) is 23.9 Å². The molecule has 0 aromatic heterocycles. The Balaban J connectivity index is 1.86. The van der Waals surface area contributed by atoms with Gasteiger partial charge in [0.15, 0.2) is 0 Å². The number of quaternary nitrogens is 1. The minimum atomic E-state index is 0.292. The first kappa shape index (κ1) is 19.7. The maximum absolute atomic E-state index is 2.64. The minimum absolute atomic E-state index is 0.292. The van der Waals surface area contributed by atoms with E-state index in [-0.39, 0.29) is 0 Å². The molecular formula is C23H45N2+. The molecule has 0 spiro atoms. The molecule has 1 aliphatic heterocycles. The lowest BCUT2D eigenvalue weighted by molar-refractivity contribution is -0.945. The van der Waals surface area contributed by atoms with Crippen LogP contribution in [0, 0.1) is 35.5 Å². The van der Waals surface area contributed by atoms with Gasteiger partial charge >= 0.3 is 0 Å². The Kier molecular flexibility index (Phi) is 4.90.